The molecule has 7 rings (SSSR count). The molecule has 8 N–H and O–H groups in total. The summed E-state index contributed by atoms with van der Waals surface area (Å²) in [6, 6.07) is 19.4. The predicted octanol–water partition coefficient (Wildman–Crippen LogP) is 4.68. The van der Waals surface area contributed by atoms with Gasteiger partial charge < -0.3 is 36.5 Å². The smallest absolute Gasteiger partial charge is 0.245 e. The Morgan fingerprint density at radius 2 is 1.33 bits per heavy atom. The Hall–Kier alpha value is -5.37. The van der Waals surface area contributed by atoms with Crippen molar-refractivity contribution >= 4 is 17.8 Å². The number of para-hydroxylation sites is 2. The van der Waals surface area contributed by atoms with Crippen LogP contribution in [0, 0.1) is 5.92 Å². The first-order valence-corrected chi connectivity index (χ1v) is 19.6. The number of carbonyl (C=O) groups is 2. The molecule has 1 saturated carbocycles. The van der Waals surface area contributed by atoms with E-state index in [1.54, 1.807) is 14.2 Å². The molecule has 0 unspecified atom stereocenters. The van der Waals surface area contributed by atoms with Crippen molar-refractivity contribution in [3.05, 3.63) is 72.1 Å². The molecule has 3 aliphatic rings. The number of aromatic amines is 2. The van der Waals surface area contributed by atoms with Gasteiger partial charge in [-0.15, -0.1) is 0 Å². The standard InChI is InChI=1S/C26H37N7O3.C15H19N3O/c1-36-22-10-6-5-9-19(22)21-15-20(31-32-21)17-11-13-33(14-12-17)23(34)16-29-25(35)24(30-26(27)28)18-7-3-2-4-8-18;1-19-15-5-3-2-4-12(15)14-10-13(17-18-14)11-6-8-16-9-7-11/h5-6,9-10,15,17-18,24H,2-4,7-8,11-14,16H2,1H3,(H,29,35)(H,31,32)(H4,27,28,30);2-5,10-11,16H,6-9H2,1H3,(H,17,18)/t24-;/m1./s1. The van der Waals surface area contributed by atoms with E-state index in [9.17, 15) is 9.59 Å². The molecule has 55 heavy (non-hydrogen) atoms. The maximum Gasteiger partial charge on any atom is 0.245 e. The van der Waals surface area contributed by atoms with E-state index < -0.39 is 6.04 Å². The SMILES string of the molecule is COc1ccccc1-c1cc(C2CCN(C(=O)CNC(=O)[C@H](N=C(N)N)C3CCCCC3)CC2)[nH]n1.COc1ccccc1-c1cc(C2CCNCC2)[nH]n1. The van der Waals surface area contributed by atoms with Crippen LogP contribution < -0.4 is 31.6 Å². The molecular weight excluding hydrogens is 697 g/mol. The molecule has 3 fully saturated rings. The van der Waals surface area contributed by atoms with Crippen molar-refractivity contribution < 1.29 is 19.1 Å². The molecule has 2 aromatic heterocycles. The van der Waals surface area contributed by atoms with Crippen LogP contribution in [0.15, 0.2) is 65.7 Å². The third kappa shape index (κ3) is 10.2. The molecule has 14 nitrogen and oxygen atoms in total. The number of likely N-dealkylation sites (tertiary alicyclic amines) is 1. The van der Waals surface area contributed by atoms with Crippen LogP contribution in [-0.4, -0.2) is 96.1 Å². The van der Waals surface area contributed by atoms with Crippen molar-refractivity contribution in [1.82, 2.24) is 35.9 Å². The number of hydrogen-bond donors (Lipinski definition) is 6. The summed E-state index contributed by atoms with van der Waals surface area (Å²) in [6.45, 7) is 3.39. The molecule has 2 aliphatic heterocycles. The lowest BCUT2D eigenvalue weighted by Gasteiger charge is -2.32. The first-order valence-electron chi connectivity index (χ1n) is 19.6. The summed E-state index contributed by atoms with van der Waals surface area (Å²) in [7, 11) is 3.35. The fraction of sp³-hybridized carbons (Fsp3) is 0.488. The van der Waals surface area contributed by atoms with Crippen molar-refractivity contribution in [3.8, 4) is 34.0 Å². The van der Waals surface area contributed by atoms with E-state index in [4.69, 9.17) is 20.9 Å². The Kier molecular flexibility index (Phi) is 13.8. The van der Waals surface area contributed by atoms with E-state index in [0.717, 1.165) is 91.3 Å². The van der Waals surface area contributed by atoms with Crippen molar-refractivity contribution in [1.29, 1.82) is 0 Å². The molecule has 0 bridgehead atoms. The van der Waals surface area contributed by atoms with Crippen LogP contribution >= 0.6 is 0 Å². The summed E-state index contributed by atoms with van der Waals surface area (Å²) in [6.07, 6.45) is 9.14. The third-order valence-corrected chi connectivity index (χ3v) is 11.1. The second-order valence-electron chi connectivity index (χ2n) is 14.6. The van der Waals surface area contributed by atoms with Gasteiger partial charge in [0, 0.05) is 47.4 Å². The highest BCUT2D eigenvalue weighted by Crippen LogP contribution is 2.34. The van der Waals surface area contributed by atoms with E-state index >= 15 is 0 Å². The van der Waals surface area contributed by atoms with Gasteiger partial charge in [-0.3, -0.25) is 19.8 Å². The average Bonchev–Trinajstić information content (AvgIpc) is 3.94. The van der Waals surface area contributed by atoms with Gasteiger partial charge >= 0.3 is 0 Å². The van der Waals surface area contributed by atoms with Gasteiger partial charge in [-0.05, 0) is 93.9 Å². The molecule has 0 spiro atoms. The lowest BCUT2D eigenvalue weighted by atomic mass is 9.83. The summed E-state index contributed by atoms with van der Waals surface area (Å²) in [5.74, 6) is 2.18. The van der Waals surface area contributed by atoms with Crippen LogP contribution in [0.5, 0.6) is 11.5 Å². The largest absolute Gasteiger partial charge is 0.496 e. The highest BCUT2D eigenvalue weighted by molar-refractivity contribution is 5.89. The van der Waals surface area contributed by atoms with E-state index in [0.29, 0.717) is 19.0 Å². The van der Waals surface area contributed by atoms with Gasteiger partial charge in [0.25, 0.3) is 0 Å². The number of hydrogen-bond acceptors (Lipinski definition) is 8. The molecule has 2 saturated heterocycles. The van der Waals surface area contributed by atoms with Gasteiger partial charge in [-0.1, -0.05) is 43.5 Å². The monoisotopic (exact) mass is 752 g/mol. The van der Waals surface area contributed by atoms with Gasteiger partial charge in [0.2, 0.25) is 11.8 Å². The number of guanidine groups is 1. The molecule has 1 aliphatic carbocycles. The van der Waals surface area contributed by atoms with Gasteiger partial charge in [0.15, 0.2) is 5.96 Å². The Labute approximate surface area is 323 Å². The molecular formula is C41H56N10O4. The fourth-order valence-electron chi connectivity index (χ4n) is 8.02. The number of carbonyl (C=O) groups excluding carboxylic acids is 2. The lowest BCUT2D eigenvalue weighted by molar-refractivity contribution is -0.134. The number of rotatable bonds is 11. The zero-order chi connectivity index (χ0) is 38.6. The summed E-state index contributed by atoms with van der Waals surface area (Å²) < 4.78 is 10.8. The fourth-order valence-corrected chi connectivity index (χ4v) is 8.02. The van der Waals surface area contributed by atoms with E-state index in [1.807, 2.05) is 53.4 Å². The molecule has 14 heteroatoms. The minimum Gasteiger partial charge on any atom is -0.496 e. The van der Waals surface area contributed by atoms with E-state index in [1.165, 1.54) is 25.0 Å². The number of ether oxygens (including phenoxy) is 2. The Balaban J connectivity index is 0.000000226. The number of nitrogens with two attached hydrogens (primary N) is 2. The van der Waals surface area contributed by atoms with Crippen LogP contribution in [0.3, 0.4) is 0 Å². The lowest BCUT2D eigenvalue weighted by Crippen LogP contribution is -2.47. The molecule has 4 aromatic rings. The maximum atomic E-state index is 12.8. The zero-order valence-corrected chi connectivity index (χ0v) is 32.1. The molecule has 1 atom stereocenters. The number of aliphatic imine (C=N–C) groups is 1. The predicted molar refractivity (Wildman–Crippen MR) is 214 cm³/mol. The Morgan fingerprint density at radius 1 is 0.800 bits per heavy atom. The number of aromatic nitrogens is 4. The highest BCUT2D eigenvalue weighted by atomic mass is 16.5. The molecule has 294 valence electrons. The first kappa shape index (κ1) is 39.3. The minimum atomic E-state index is -0.633. The van der Waals surface area contributed by atoms with Crippen LogP contribution in [0.25, 0.3) is 22.5 Å². The quantitative estimate of drug-likeness (QED) is 0.0929. The molecule has 2 amide bonds. The topological polar surface area (TPSA) is 202 Å². The number of H-pyrrole nitrogens is 2. The number of piperidine rings is 2. The molecule has 0 radical (unpaired) electrons. The number of methoxy groups -OCH3 is 2. The van der Waals surface area contributed by atoms with Crippen LogP contribution in [0.1, 0.15) is 81.0 Å². The van der Waals surface area contributed by atoms with E-state index in [2.05, 4.69) is 48.2 Å². The van der Waals surface area contributed by atoms with Crippen LogP contribution in [0.2, 0.25) is 0 Å². The zero-order valence-electron chi connectivity index (χ0n) is 32.1. The van der Waals surface area contributed by atoms with Crippen molar-refractivity contribution in [2.24, 2.45) is 22.4 Å². The number of nitrogens with one attached hydrogen (secondary N) is 4. The number of nitrogens with zero attached hydrogens (tertiary/aromatic N) is 4. The Morgan fingerprint density at radius 3 is 1.85 bits per heavy atom. The Bertz CT molecular complexity index is 1870. The number of benzene rings is 2. The van der Waals surface area contributed by atoms with Gasteiger partial charge in [0.05, 0.1) is 32.2 Å². The van der Waals surface area contributed by atoms with Gasteiger partial charge in [0.1, 0.15) is 17.5 Å². The summed E-state index contributed by atoms with van der Waals surface area (Å²) in [5, 5.41) is 21.5. The average molecular weight is 753 g/mol. The van der Waals surface area contributed by atoms with Gasteiger partial charge in [-0.25, -0.2) is 4.99 Å². The van der Waals surface area contributed by atoms with Gasteiger partial charge in [-0.2, -0.15) is 10.2 Å². The first-order chi connectivity index (χ1) is 26.8. The van der Waals surface area contributed by atoms with Crippen molar-refractivity contribution in [3.63, 3.8) is 0 Å². The van der Waals surface area contributed by atoms with Crippen LogP contribution in [0.4, 0.5) is 0 Å². The molecule has 2 aromatic carbocycles. The summed E-state index contributed by atoms with van der Waals surface area (Å²) in [4.78, 5) is 31.7. The highest BCUT2D eigenvalue weighted by Gasteiger charge is 2.31. The second-order valence-corrected chi connectivity index (χ2v) is 14.6. The normalized spacial score (nSPS) is 17.4. The summed E-state index contributed by atoms with van der Waals surface area (Å²) in [5.41, 5.74) is 17.3. The second kappa shape index (κ2) is 19.3. The van der Waals surface area contributed by atoms with E-state index in [-0.39, 0.29) is 36.2 Å². The van der Waals surface area contributed by atoms with Crippen molar-refractivity contribution in [2.75, 3.05) is 46.9 Å². The third-order valence-electron chi connectivity index (χ3n) is 11.1. The van der Waals surface area contributed by atoms with Crippen LogP contribution in [-0.2, 0) is 9.59 Å². The number of amides is 2. The van der Waals surface area contributed by atoms with Crippen molar-refractivity contribution in [2.45, 2.75) is 75.7 Å². The maximum absolute atomic E-state index is 12.8. The minimum absolute atomic E-state index is 0.0469. The summed E-state index contributed by atoms with van der Waals surface area (Å²) >= 11 is 0. The molecule has 4 heterocycles.